The molecular weight excluding hydrogens is 471 g/mol. The lowest BCUT2D eigenvalue weighted by molar-refractivity contribution is -0.184. The molecule has 3 aromatic carbocycles. The Morgan fingerprint density at radius 1 is 0.972 bits per heavy atom. The van der Waals surface area contributed by atoms with Gasteiger partial charge in [-0.05, 0) is 47.6 Å². The van der Waals surface area contributed by atoms with Crippen LogP contribution in [0.2, 0.25) is 0 Å². The lowest BCUT2D eigenvalue weighted by atomic mass is 9.31. The molecule has 2 N–H and O–H groups in total. The third-order valence-corrected chi connectivity index (χ3v) is 8.10. The second-order valence-electron chi connectivity index (χ2n) is 10.2. The molecule has 0 radical (unpaired) electrons. The van der Waals surface area contributed by atoms with Gasteiger partial charge in [-0.15, -0.1) is 0 Å². The molecule has 1 atom stereocenters. The molecule has 0 aliphatic heterocycles. The summed E-state index contributed by atoms with van der Waals surface area (Å²) in [5.41, 5.74) is 2.51. The van der Waals surface area contributed by atoms with Crippen LogP contribution >= 0.6 is 0 Å². The summed E-state index contributed by atoms with van der Waals surface area (Å²) in [6, 6.07) is 15.9. The summed E-state index contributed by atoms with van der Waals surface area (Å²) in [6.07, 6.45) is -0.229. The Bertz CT molecular complexity index is 1360. The molecule has 3 aromatic rings. The number of rotatable bonds is 6. The van der Waals surface area contributed by atoms with Crippen LogP contribution in [0.25, 0.3) is 11.1 Å². The van der Waals surface area contributed by atoms with E-state index in [0.29, 0.717) is 6.07 Å². The number of hydrogen-bond acceptors (Lipinski definition) is 3. The third-order valence-electron chi connectivity index (χ3n) is 8.10. The van der Waals surface area contributed by atoms with Crippen molar-refractivity contribution in [2.45, 2.75) is 36.6 Å². The van der Waals surface area contributed by atoms with E-state index in [-0.39, 0.29) is 37.4 Å². The van der Waals surface area contributed by atoms with E-state index in [1.165, 1.54) is 0 Å². The predicted octanol–water partition coefficient (Wildman–Crippen LogP) is 5.52. The molecule has 36 heavy (non-hydrogen) atoms. The molecule has 0 heterocycles. The highest BCUT2D eigenvalue weighted by Gasteiger charge is 2.73. The highest BCUT2D eigenvalue weighted by molar-refractivity contribution is 5.82. The van der Waals surface area contributed by atoms with Crippen molar-refractivity contribution in [2.24, 2.45) is 5.41 Å². The van der Waals surface area contributed by atoms with Gasteiger partial charge in [0.1, 0.15) is 18.5 Å². The largest absolute Gasteiger partial charge is 0.480 e. The van der Waals surface area contributed by atoms with Crippen LogP contribution < -0.4 is 5.32 Å². The number of nitrogens with one attached hydrogen (secondary N) is 1. The van der Waals surface area contributed by atoms with Crippen LogP contribution in [0.1, 0.15) is 41.9 Å². The monoisotopic (exact) mass is 493 g/mol. The van der Waals surface area contributed by atoms with Crippen molar-refractivity contribution >= 4 is 12.1 Å². The van der Waals surface area contributed by atoms with Gasteiger partial charge in [-0.1, -0.05) is 48.5 Å². The Morgan fingerprint density at radius 2 is 1.56 bits per heavy atom. The number of carboxylic acid groups (broad SMARTS) is 1. The normalized spacial score (nSPS) is 24.1. The van der Waals surface area contributed by atoms with Crippen LogP contribution in [-0.4, -0.2) is 29.8 Å². The molecule has 5 nitrogen and oxygen atoms in total. The Kier molecular flexibility index (Phi) is 4.94. The average molecular weight is 493 g/mol. The van der Waals surface area contributed by atoms with Crippen LogP contribution in [0.5, 0.6) is 0 Å². The van der Waals surface area contributed by atoms with Crippen LogP contribution in [0.15, 0.2) is 60.7 Å². The molecule has 0 saturated heterocycles. The first kappa shape index (κ1) is 22.6. The Morgan fingerprint density at radius 3 is 2.14 bits per heavy atom. The van der Waals surface area contributed by atoms with Crippen molar-refractivity contribution < 1.29 is 32.6 Å². The fraction of sp³-hybridized carbons (Fsp3) is 0.286. The molecule has 1 amide bonds. The maximum Gasteiger partial charge on any atom is 0.407 e. The third kappa shape index (κ3) is 3.23. The maximum atomic E-state index is 14.3. The minimum Gasteiger partial charge on any atom is -0.480 e. The van der Waals surface area contributed by atoms with E-state index in [0.717, 1.165) is 28.3 Å². The van der Waals surface area contributed by atoms with Gasteiger partial charge in [0.05, 0.1) is 0 Å². The molecular formula is C28H22F3NO4. The van der Waals surface area contributed by atoms with Crippen LogP contribution in [0, 0.1) is 22.9 Å². The summed E-state index contributed by atoms with van der Waals surface area (Å²) in [4.78, 5) is 24.7. The second kappa shape index (κ2) is 7.85. The standard InChI is InChI=1S/C28H22F3NO4/c29-15-9-21(23(31)22(30)10-15)27-12-28(13-27,14-27)24(25(33)34)32-26(35)36-11-20-18-7-3-1-5-16(18)17-6-2-4-8-19(17)20/h1-10,20,24H,11-14H2,(H,32,35)(H,33,34). The molecule has 3 fully saturated rings. The highest BCUT2D eigenvalue weighted by atomic mass is 19.2. The number of carboxylic acids is 1. The van der Waals surface area contributed by atoms with Gasteiger partial charge >= 0.3 is 12.1 Å². The quantitative estimate of drug-likeness (QED) is 0.444. The fourth-order valence-electron chi connectivity index (χ4n) is 6.63. The molecule has 3 saturated carbocycles. The van der Waals surface area contributed by atoms with Crippen molar-refractivity contribution in [2.75, 3.05) is 6.61 Å². The zero-order valence-corrected chi connectivity index (χ0v) is 19.1. The van der Waals surface area contributed by atoms with E-state index >= 15 is 0 Å². The number of halogens is 3. The van der Waals surface area contributed by atoms with Gasteiger partial charge in [-0.2, -0.15) is 0 Å². The number of carbonyl (C=O) groups is 2. The number of hydrogen-bond donors (Lipinski definition) is 2. The Balaban J connectivity index is 1.14. The molecule has 0 spiro atoms. The van der Waals surface area contributed by atoms with Gasteiger partial charge < -0.3 is 15.2 Å². The molecule has 8 heteroatoms. The number of aliphatic carboxylic acids is 1. The van der Waals surface area contributed by atoms with Gasteiger partial charge in [0.15, 0.2) is 11.6 Å². The molecule has 7 rings (SSSR count). The lowest BCUT2D eigenvalue weighted by Gasteiger charge is -2.72. The summed E-state index contributed by atoms with van der Waals surface area (Å²) in [5, 5.41) is 12.3. The van der Waals surface area contributed by atoms with Crippen LogP contribution in [0.4, 0.5) is 18.0 Å². The van der Waals surface area contributed by atoms with Crippen molar-refractivity contribution in [3.8, 4) is 11.1 Å². The summed E-state index contributed by atoms with van der Waals surface area (Å²) in [7, 11) is 0. The smallest absolute Gasteiger partial charge is 0.407 e. The Labute approximate surface area is 204 Å². The second-order valence-corrected chi connectivity index (χ2v) is 10.2. The van der Waals surface area contributed by atoms with Gasteiger partial charge in [-0.25, -0.2) is 22.8 Å². The number of fused-ring (bicyclic) bond motifs is 3. The zero-order chi connectivity index (χ0) is 25.2. The van der Waals surface area contributed by atoms with Gasteiger partial charge in [0.25, 0.3) is 0 Å². The predicted molar refractivity (Wildman–Crippen MR) is 124 cm³/mol. The summed E-state index contributed by atoms with van der Waals surface area (Å²) >= 11 is 0. The summed E-state index contributed by atoms with van der Waals surface area (Å²) in [6.45, 7) is 0.0386. The SMILES string of the molecule is O=C(NC(C(=O)O)C12CC(c3cc(F)cc(F)c3F)(C1)C2)OCC1c2ccccc2-c2ccccc21. The van der Waals surface area contributed by atoms with Crippen molar-refractivity contribution in [1.82, 2.24) is 5.32 Å². The average Bonchev–Trinajstić information content (AvgIpc) is 3.12. The first-order chi connectivity index (χ1) is 17.2. The van der Waals surface area contributed by atoms with E-state index in [2.05, 4.69) is 5.32 Å². The summed E-state index contributed by atoms with van der Waals surface area (Å²) in [5.74, 6) is -4.66. The maximum absolute atomic E-state index is 14.3. The van der Waals surface area contributed by atoms with E-state index in [1.54, 1.807) is 0 Å². The molecule has 1 unspecified atom stereocenters. The fourth-order valence-corrected chi connectivity index (χ4v) is 6.63. The number of carbonyl (C=O) groups excluding carboxylic acids is 1. The van der Waals surface area contributed by atoms with Gasteiger partial charge in [0.2, 0.25) is 0 Å². The van der Waals surface area contributed by atoms with Crippen LogP contribution in [0.3, 0.4) is 0 Å². The van der Waals surface area contributed by atoms with Gasteiger partial charge in [-0.3, -0.25) is 0 Å². The van der Waals surface area contributed by atoms with E-state index < -0.39 is 46.4 Å². The first-order valence-electron chi connectivity index (χ1n) is 11.7. The van der Waals surface area contributed by atoms with E-state index in [1.807, 2.05) is 48.5 Å². The Hall–Kier alpha value is -3.81. The summed E-state index contributed by atoms with van der Waals surface area (Å²) < 4.78 is 47.2. The van der Waals surface area contributed by atoms with Crippen LogP contribution in [-0.2, 0) is 14.9 Å². The minimum absolute atomic E-state index is 0.0386. The lowest BCUT2D eigenvalue weighted by Crippen LogP contribution is -2.73. The molecule has 184 valence electrons. The molecule has 0 aromatic heterocycles. The van der Waals surface area contributed by atoms with Crippen molar-refractivity contribution in [3.63, 3.8) is 0 Å². The molecule has 4 aliphatic rings. The molecule has 4 aliphatic carbocycles. The zero-order valence-electron chi connectivity index (χ0n) is 19.1. The minimum atomic E-state index is -1.27. The topological polar surface area (TPSA) is 75.6 Å². The highest BCUT2D eigenvalue weighted by Crippen LogP contribution is 2.75. The van der Waals surface area contributed by atoms with E-state index in [9.17, 15) is 27.9 Å². The van der Waals surface area contributed by atoms with Crippen molar-refractivity contribution in [3.05, 3.63) is 94.8 Å². The van der Waals surface area contributed by atoms with Crippen molar-refractivity contribution in [1.29, 1.82) is 0 Å². The molecule has 2 bridgehead atoms. The number of benzene rings is 3. The van der Waals surface area contributed by atoms with E-state index in [4.69, 9.17) is 4.74 Å². The number of ether oxygens (including phenoxy) is 1. The number of amides is 1. The number of alkyl carbamates (subject to hydrolysis) is 1. The first-order valence-corrected chi connectivity index (χ1v) is 11.7. The van der Waals surface area contributed by atoms with Gasteiger partial charge in [0, 0.05) is 28.4 Å².